The molecule has 3 amide bonds. The Hall–Kier alpha value is -2.09. The molecule has 1 aliphatic heterocycles. The number of hydrogen-bond acceptors (Lipinski definition) is 5. The van der Waals surface area contributed by atoms with Gasteiger partial charge < -0.3 is 14.8 Å². The van der Waals surface area contributed by atoms with Crippen molar-refractivity contribution in [2.45, 2.75) is 44.6 Å². The van der Waals surface area contributed by atoms with E-state index in [9.17, 15) is 14.4 Å². The van der Waals surface area contributed by atoms with Gasteiger partial charge in [0.25, 0.3) is 5.91 Å². The lowest BCUT2D eigenvalue weighted by Crippen LogP contribution is -2.49. The molecule has 1 spiro atoms. The number of rotatable bonds is 7. The maximum atomic E-state index is 12.8. The highest BCUT2D eigenvalue weighted by Crippen LogP contribution is 2.37. The van der Waals surface area contributed by atoms with Gasteiger partial charge in [-0.2, -0.15) is 0 Å². The van der Waals surface area contributed by atoms with Gasteiger partial charge in [0.15, 0.2) is 0 Å². The Morgan fingerprint density at radius 3 is 2.71 bits per heavy atom. The summed E-state index contributed by atoms with van der Waals surface area (Å²) in [5.74, 6) is 0.318. The Balaban J connectivity index is 1.45. The normalized spacial score (nSPS) is 24.4. The molecule has 1 heterocycles. The van der Waals surface area contributed by atoms with Gasteiger partial charge in [0.1, 0.15) is 31.0 Å². The number of urea groups is 1. The molecule has 0 bridgehead atoms. The van der Waals surface area contributed by atoms with Crippen LogP contribution in [-0.2, 0) is 14.3 Å². The molecular weight excluding hydrogens is 428 g/mol. The van der Waals surface area contributed by atoms with Crippen molar-refractivity contribution in [2.75, 3.05) is 19.8 Å². The molecule has 0 atom stereocenters. The Labute approximate surface area is 172 Å². The fourth-order valence-corrected chi connectivity index (χ4v) is 4.16. The quantitative estimate of drug-likeness (QED) is 0.389. The lowest BCUT2D eigenvalue weighted by molar-refractivity contribution is -0.148. The first-order valence-electron chi connectivity index (χ1n) is 9.61. The molecule has 2 aliphatic rings. The van der Waals surface area contributed by atoms with Crippen molar-refractivity contribution in [1.29, 1.82) is 0 Å². The van der Waals surface area contributed by atoms with Crippen LogP contribution in [0.25, 0.3) is 0 Å². The first-order chi connectivity index (χ1) is 13.4. The van der Waals surface area contributed by atoms with E-state index in [1.54, 1.807) is 6.07 Å². The number of amides is 3. The Morgan fingerprint density at radius 2 is 2.04 bits per heavy atom. The minimum Gasteiger partial charge on any atom is -0.490 e. The van der Waals surface area contributed by atoms with Gasteiger partial charge in [0.2, 0.25) is 0 Å². The zero-order valence-corrected chi connectivity index (χ0v) is 17.5. The van der Waals surface area contributed by atoms with Gasteiger partial charge in [0, 0.05) is 4.47 Å². The second-order valence-electron chi connectivity index (χ2n) is 7.28. The van der Waals surface area contributed by atoms with Crippen LogP contribution in [-0.4, -0.2) is 48.1 Å². The van der Waals surface area contributed by atoms with Gasteiger partial charge in [-0.1, -0.05) is 35.3 Å². The highest BCUT2D eigenvalue weighted by atomic mass is 79.9. The lowest BCUT2D eigenvalue weighted by Gasteiger charge is -2.34. The van der Waals surface area contributed by atoms with E-state index < -0.39 is 17.5 Å². The number of nitrogens with one attached hydrogen (secondary N) is 1. The molecule has 0 unspecified atom stereocenters. The van der Waals surface area contributed by atoms with Gasteiger partial charge >= 0.3 is 12.0 Å². The summed E-state index contributed by atoms with van der Waals surface area (Å²) in [6.45, 7) is 1.99. The van der Waals surface area contributed by atoms with Crippen molar-refractivity contribution in [3.05, 3.63) is 28.7 Å². The molecule has 0 aromatic heterocycles. The zero-order valence-electron chi connectivity index (χ0n) is 15.9. The van der Waals surface area contributed by atoms with Crippen LogP contribution in [0.1, 0.15) is 39.0 Å². The second kappa shape index (κ2) is 8.94. The number of halogens is 1. The minimum atomic E-state index is -0.840. The molecule has 0 radical (unpaired) electrons. The van der Waals surface area contributed by atoms with Gasteiger partial charge in [-0.15, -0.1) is 0 Å². The Morgan fingerprint density at radius 1 is 1.29 bits per heavy atom. The molecule has 152 valence electrons. The van der Waals surface area contributed by atoms with E-state index in [0.29, 0.717) is 24.5 Å². The van der Waals surface area contributed by atoms with Crippen molar-refractivity contribution in [3.8, 4) is 5.75 Å². The van der Waals surface area contributed by atoms with E-state index in [1.807, 2.05) is 18.2 Å². The van der Waals surface area contributed by atoms with E-state index >= 15 is 0 Å². The maximum absolute atomic E-state index is 12.8. The fraction of sp³-hybridized carbons (Fsp3) is 0.550. The molecule has 1 N–H and O–H groups in total. The number of hydrogen-bond donors (Lipinski definition) is 1. The summed E-state index contributed by atoms with van der Waals surface area (Å²) in [5, 5.41) is 2.81. The van der Waals surface area contributed by atoms with Gasteiger partial charge in [0.05, 0.1) is 0 Å². The molecule has 8 heteroatoms. The van der Waals surface area contributed by atoms with Crippen molar-refractivity contribution in [2.24, 2.45) is 5.92 Å². The van der Waals surface area contributed by atoms with Crippen molar-refractivity contribution in [1.82, 2.24) is 10.2 Å². The standard InChI is InChI=1S/C20H25BrN2O5/c1-2-14-6-8-20(9-7-14)18(25)23(19(26)22-20)13-17(24)28-11-10-27-16-5-3-4-15(21)12-16/h3-5,12,14H,2,6-11,13H2,1H3,(H,22,26). The van der Waals surface area contributed by atoms with Crippen molar-refractivity contribution < 1.29 is 23.9 Å². The second-order valence-corrected chi connectivity index (χ2v) is 8.20. The van der Waals surface area contributed by atoms with Gasteiger partial charge in [-0.25, -0.2) is 4.79 Å². The first-order valence-corrected chi connectivity index (χ1v) is 10.4. The summed E-state index contributed by atoms with van der Waals surface area (Å²) < 4.78 is 11.5. The Kier molecular flexibility index (Phi) is 6.59. The summed E-state index contributed by atoms with van der Waals surface area (Å²) in [6.07, 6.45) is 4.15. The molecule has 1 aromatic rings. The molecule has 1 aliphatic carbocycles. The predicted octanol–water partition coefficient (Wildman–Crippen LogP) is 3.26. The van der Waals surface area contributed by atoms with Crippen LogP contribution >= 0.6 is 15.9 Å². The summed E-state index contributed by atoms with van der Waals surface area (Å²) in [4.78, 5) is 38.1. The summed E-state index contributed by atoms with van der Waals surface area (Å²) in [7, 11) is 0. The van der Waals surface area contributed by atoms with Crippen LogP contribution in [0.4, 0.5) is 4.79 Å². The molecule has 28 heavy (non-hydrogen) atoms. The summed E-state index contributed by atoms with van der Waals surface area (Å²) in [5.41, 5.74) is -0.840. The third-order valence-electron chi connectivity index (χ3n) is 5.48. The highest BCUT2D eigenvalue weighted by molar-refractivity contribution is 9.10. The number of carbonyl (C=O) groups excluding carboxylic acids is 3. The average molecular weight is 453 g/mol. The van der Waals surface area contributed by atoms with E-state index in [-0.39, 0.29) is 25.7 Å². The van der Waals surface area contributed by atoms with Crippen LogP contribution in [0.5, 0.6) is 5.75 Å². The van der Waals surface area contributed by atoms with Gasteiger partial charge in [-0.3, -0.25) is 14.5 Å². The lowest BCUT2D eigenvalue weighted by atomic mass is 9.75. The summed E-state index contributed by atoms with van der Waals surface area (Å²) >= 11 is 3.35. The SMILES string of the molecule is CCC1CCC2(CC1)NC(=O)N(CC(=O)OCCOc1cccc(Br)c1)C2=O. The van der Waals surface area contributed by atoms with Crippen molar-refractivity contribution >= 4 is 33.8 Å². The molecule has 1 saturated heterocycles. The smallest absolute Gasteiger partial charge is 0.326 e. The third kappa shape index (κ3) is 4.66. The molecule has 1 saturated carbocycles. The number of imide groups is 1. The Bertz CT molecular complexity index is 746. The molecule has 7 nitrogen and oxygen atoms in total. The first kappa shape index (κ1) is 20.6. The monoisotopic (exact) mass is 452 g/mol. The predicted molar refractivity (Wildman–Crippen MR) is 106 cm³/mol. The molecule has 3 rings (SSSR count). The average Bonchev–Trinajstić information content (AvgIpc) is 2.90. The molecule has 2 fully saturated rings. The minimum absolute atomic E-state index is 0.0400. The number of benzene rings is 1. The molecule has 1 aromatic carbocycles. The van der Waals surface area contributed by atoms with E-state index in [0.717, 1.165) is 28.6 Å². The van der Waals surface area contributed by atoms with Crippen molar-refractivity contribution in [3.63, 3.8) is 0 Å². The number of nitrogens with zero attached hydrogens (tertiary/aromatic N) is 1. The largest absolute Gasteiger partial charge is 0.490 e. The maximum Gasteiger partial charge on any atom is 0.326 e. The molecular formula is C20H25BrN2O5. The fourth-order valence-electron chi connectivity index (χ4n) is 3.78. The number of ether oxygens (including phenoxy) is 2. The van der Waals surface area contributed by atoms with E-state index in [4.69, 9.17) is 9.47 Å². The van der Waals surface area contributed by atoms with Crippen LogP contribution in [0.3, 0.4) is 0 Å². The van der Waals surface area contributed by atoms with Crippen LogP contribution in [0, 0.1) is 5.92 Å². The summed E-state index contributed by atoms with van der Waals surface area (Å²) in [6, 6.07) is 6.82. The van der Waals surface area contributed by atoms with Gasteiger partial charge in [-0.05, 0) is 49.8 Å². The van der Waals surface area contributed by atoms with E-state index in [1.165, 1.54) is 0 Å². The topological polar surface area (TPSA) is 84.9 Å². The number of esters is 1. The highest BCUT2D eigenvalue weighted by Gasteiger charge is 2.52. The van der Waals surface area contributed by atoms with Crippen LogP contribution in [0.15, 0.2) is 28.7 Å². The van der Waals surface area contributed by atoms with Crippen LogP contribution in [0.2, 0.25) is 0 Å². The van der Waals surface area contributed by atoms with Crippen LogP contribution < -0.4 is 10.1 Å². The zero-order chi connectivity index (χ0) is 20.1. The number of carbonyl (C=O) groups is 3. The third-order valence-corrected chi connectivity index (χ3v) is 5.97. The van der Waals surface area contributed by atoms with E-state index in [2.05, 4.69) is 28.2 Å².